The molecule has 5 N–H and O–H groups in total. The van der Waals surface area contributed by atoms with E-state index in [2.05, 4.69) is 9.72 Å². The Morgan fingerprint density at radius 3 is 2.86 bits per heavy atom. The lowest BCUT2D eigenvalue weighted by Crippen LogP contribution is -2.51. The number of aryl methyl sites for hydroxylation is 1. The van der Waals surface area contributed by atoms with Gasteiger partial charge in [0.1, 0.15) is 18.0 Å². The number of nitrogens with two attached hydrogens (primary N) is 1. The molecule has 0 aliphatic carbocycles. The van der Waals surface area contributed by atoms with E-state index in [9.17, 15) is 19.4 Å². The molecule has 1 fully saturated rings. The van der Waals surface area contributed by atoms with Gasteiger partial charge in [0.05, 0.1) is 6.61 Å². The second-order valence-electron chi connectivity index (χ2n) is 4.63. The minimum Gasteiger partial charge on any atom is -0.394 e. The molecular weight excluding hydrogens is 289 g/mol. The first-order chi connectivity index (χ1) is 9.85. The smallest absolute Gasteiger partial charge is 0.352 e. The van der Waals surface area contributed by atoms with Crippen molar-refractivity contribution < 1.29 is 29.2 Å². The Morgan fingerprint density at radius 2 is 2.33 bits per heavy atom. The van der Waals surface area contributed by atoms with Gasteiger partial charge in [0.25, 0.3) is 0 Å². The van der Waals surface area contributed by atoms with E-state index in [0.29, 0.717) is 0 Å². The number of hydrogen-bond acceptors (Lipinski definition) is 8. The molecule has 0 saturated carbocycles. The fraction of sp³-hybridized carbons (Fsp3) is 0.636. The van der Waals surface area contributed by atoms with Crippen LogP contribution >= 0.6 is 0 Å². The van der Waals surface area contributed by atoms with Crippen LogP contribution < -0.4 is 11.4 Å². The predicted molar refractivity (Wildman–Crippen MR) is 66.7 cm³/mol. The normalized spacial score (nSPS) is 32.5. The quantitative estimate of drug-likeness (QED) is 0.469. The molecule has 1 aliphatic rings. The minimum atomic E-state index is -2.55. The second kappa shape index (κ2) is 5.66. The van der Waals surface area contributed by atoms with E-state index in [1.54, 1.807) is 0 Å². The molecule has 9 nitrogen and oxygen atoms in total. The Morgan fingerprint density at radius 1 is 1.67 bits per heavy atom. The molecule has 0 bridgehead atoms. The summed E-state index contributed by atoms with van der Waals surface area (Å²) in [5.41, 5.74) is 4.81. The summed E-state index contributed by atoms with van der Waals surface area (Å²) in [6.45, 7) is -0.606. The van der Waals surface area contributed by atoms with Crippen molar-refractivity contribution >= 4 is 5.82 Å². The first-order valence-electron chi connectivity index (χ1n) is 6.07. The lowest BCUT2D eigenvalue weighted by molar-refractivity contribution is -0.291. The van der Waals surface area contributed by atoms with E-state index < -0.39 is 43.4 Å². The maximum Gasteiger partial charge on any atom is 0.352 e. The highest BCUT2D eigenvalue weighted by molar-refractivity contribution is 5.28. The zero-order valence-corrected chi connectivity index (χ0v) is 11.1. The third kappa shape index (κ3) is 2.51. The molecule has 21 heavy (non-hydrogen) atoms. The van der Waals surface area contributed by atoms with E-state index in [1.807, 2.05) is 0 Å². The molecule has 0 unspecified atom stereocenters. The van der Waals surface area contributed by atoms with Crippen molar-refractivity contribution in [2.75, 3.05) is 19.2 Å². The fourth-order valence-corrected chi connectivity index (χ4v) is 2.30. The average Bonchev–Trinajstić information content (AvgIpc) is 2.63. The maximum absolute atomic E-state index is 12.5. The molecule has 0 amide bonds. The van der Waals surface area contributed by atoms with Gasteiger partial charge < -0.3 is 30.5 Å². The summed E-state index contributed by atoms with van der Waals surface area (Å²) in [4.78, 5) is 15.4. The van der Waals surface area contributed by atoms with Crippen LogP contribution in [0.15, 0.2) is 10.9 Å². The largest absolute Gasteiger partial charge is 0.394 e. The molecule has 1 saturated heterocycles. The monoisotopic (exact) mass is 305 g/mol. The molecule has 0 aromatic carbocycles. The number of rotatable bonds is 4. The molecule has 118 valence electrons. The number of hydrogen-bond donors (Lipinski definition) is 4. The standard InChI is InChI=1S/C11H16FN3O6/c1-5-2-7(13)14-10(18)15(5)9-11(19,20-4-12)8(17)6(3-16)21-9/h2,6,8-9,16-17,19H,3-4H2,1H3,(H2,13,14,18)/t6-,8-,9-,11+/m1/s1. The molecule has 1 aliphatic heterocycles. The maximum atomic E-state index is 12.5. The van der Waals surface area contributed by atoms with Gasteiger partial charge in [-0.3, -0.25) is 4.57 Å². The van der Waals surface area contributed by atoms with Crippen molar-refractivity contribution in [2.24, 2.45) is 0 Å². The van der Waals surface area contributed by atoms with Crippen LogP contribution in [0.25, 0.3) is 0 Å². The van der Waals surface area contributed by atoms with Crippen LogP contribution in [0, 0.1) is 6.92 Å². The Labute approximate surface area is 118 Å². The lowest BCUT2D eigenvalue weighted by atomic mass is 10.1. The number of aliphatic hydroxyl groups is 3. The van der Waals surface area contributed by atoms with E-state index in [1.165, 1.54) is 13.0 Å². The molecule has 1 aromatic rings. The van der Waals surface area contributed by atoms with Gasteiger partial charge in [-0.25, -0.2) is 9.18 Å². The molecule has 0 radical (unpaired) electrons. The minimum absolute atomic E-state index is 0.0408. The summed E-state index contributed by atoms with van der Waals surface area (Å²) in [6.07, 6.45) is -4.59. The van der Waals surface area contributed by atoms with Crippen molar-refractivity contribution in [1.29, 1.82) is 0 Å². The molecule has 4 atom stereocenters. The number of halogens is 1. The number of aliphatic hydroxyl groups excluding tert-OH is 2. The summed E-state index contributed by atoms with van der Waals surface area (Å²) in [5.74, 6) is -2.59. The van der Waals surface area contributed by atoms with Gasteiger partial charge in [-0.1, -0.05) is 0 Å². The average molecular weight is 305 g/mol. The molecule has 2 heterocycles. The van der Waals surface area contributed by atoms with Crippen molar-refractivity contribution in [2.45, 2.75) is 31.1 Å². The van der Waals surface area contributed by atoms with Crippen LogP contribution in [0.5, 0.6) is 0 Å². The highest BCUT2D eigenvalue weighted by Crippen LogP contribution is 2.39. The summed E-state index contributed by atoms with van der Waals surface area (Å²) < 4.78 is 23.1. The van der Waals surface area contributed by atoms with E-state index in [0.717, 1.165) is 4.57 Å². The molecule has 0 spiro atoms. The first-order valence-corrected chi connectivity index (χ1v) is 6.07. The highest BCUT2D eigenvalue weighted by Gasteiger charge is 2.58. The number of nitrogens with zero attached hydrogens (tertiary/aromatic N) is 2. The van der Waals surface area contributed by atoms with Crippen molar-refractivity contribution in [3.63, 3.8) is 0 Å². The van der Waals surface area contributed by atoms with Gasteiger partial charge in [-0.2, -0.15) is 4.98 Å². The van der Waals surface area contributed by atoms with Crippen molar-refractivity contribution in [3.8, 4) is 0 Å². The molecule has 2 rings (SSSR count). The summed E-state index contributed by atoms with van der Waals surface area (Å²) in [6, 6.07) is 1.33. The third-order valence-electron chi connectivity index (χ3n) is 3.30. The zero-order valence-electron chi connectivity index (χ0n) is 11.1. The number of nitrogen functional groups attached to an aromatic ring is 1. The van der Waals surface area contributed by atoms with Crippen LogP contribution in [0.1, 0.15) is 11.9 Å². The Bertz CT molecular complexity index is 582. The third-order valence-corrected chi connectivity index (χ3v) is 3.30. The topological polar surface area (TPSA) is 140 Å². The van der Waals surface area contributed by atoms with Crippen LogP contribution in [0.4, 0.5) is 10.2 Å². The Hall–Kier alpha value is -1.59. The first kappa shape index (κ1) is 15.8. The van der Waals surface area contributed by atoms with Crippen LogP contribution in [0.3, 0.4) is 0 Å². The Balaban J connectivity index is 2.53. The molecule has 10 heteroatoms. The van der Waals surface area contributed by atoms with Gasteiger partial charge in [0, 0.05) is 5.69 Å². The fourth-order valence-electron chi connectivity index (χ4n) is 2.30. The second-order valence-corrected chi connectivity index (χ2v) is 4.63. The van der Waals surface area contributed by atoms with Crippen molar-refractivity contribution in [3.05, 3.63) is 22.2 Å². The molecule has 1 aromatic heterocycles. The number of alkyl halides is 1. The summed E-state index contributed by atoms with van der Waals surface area (Å²) >= 11 is 0. The number of ether oxygens (including phenoxy) is 2. The van der Waals surface area contributed by atoms with Gasteiger partial charge in [-0.05, 0) is 13.0 Å². The number of aromatic nitrogens is 2. The summed E-state index contributed by atoms with van der Waals surface area (Å²) in [7, 11) is 0. The van der Waals surface area contributed by atoms with Gasteiger partial charge >= 0.3 is 5.69 Å². The van der Waals surface area contributed by atoms with E-state index in [-0.39, 0.29) is 11.5 Å². The lowest BCUT2D eigenvalue weighted by Gasteiger charge is -2.31. The highest BCUT2D eigenvalue weighted by atomic mass is 19.1. The van der Waals surface area contributed by atoms with E-state index >= 15 is 0 Å². The molecular formula is C11H16FN3O6. The van der Waals surface area contributed by atoms with Crippen LogP contribution in [-0.4, -0.2) is 56.3 Å². The van der Waals surface area contributed by atoms with Gasteiger partial charge in [-0.15, -0.1) is 0 Å². The predicted octanol–water partition coefficient (Wildman–Crippen LogP) is -1.98. The van der Waals surface area contributed by atoms with Crippen LogP contribution in [0.2, 0.25) is 0 Å². The SMILES string of the molecule is Cc1cc(N)nc(=O)n1[C@@H]1O[C@H](CO)[C@@H](O)[C@]1(O)OCF. The van der Waals surface area contributed by atoms with Gasteiger partial charge in [0.15, 0.2) is 13.1 Å². The Kier molecular flexibility index (Phi) is 4.25. The van der Waals surface area contributed by atoms with Gasteiger partial charge in [0.2, 0.25) is 5.79 Å². The van der Waals surface area contributed by atoms with Crippen molar-refractivity contribution in [1.82, 2.24) is 9.55 Å². The number of anilines is 1. The van der Waals surface area contributed by atoms with E-state index in [4.69, 9.17) is 15.6 Å². The van der Waals surface area contributed by atoms with Crippen LogP contribution in [-0.2, 0) is 9.47 Å². The summed E-state index contributed by atoms with van der Waals surface area (Å²) in [5, 5.41) is 29.4. The zero-order chi connectivity index (χ0) is 15.8.